The number of alkyl halides is 1. The van der Waals surface area contributed by atoms with Gasteiger partial charge in [0.1, 0.15) is 23.6 Å². The van der Waals surface area contributed by atoms with Gasteiger partial charge in [0.15, 0.2) is 0 Å². The third kappa shape index (κ3) is 4.34. The smallest absolute Gasteiger partial charge is 0.251 e. The van der Waals surface area contributed by atoms with Crippen molar-refractivity contribution in [1.29, 1.82) is 0 Å². The van der Waals surface area contributed by atoms with E-state index in [2.05, 4.69) is 25.8 Å². The molecule has 0 aliphatic heterocycles. The molecule has 2 saturated carbocycles. The molecule has 2 heterocycles. The SMILES string of the molecule is O=C(NC1CCC1)c1ccc(F)c(-c2ccc(NCC3(c4ncccc4F)CC(F)C3)nn2)c1. The van der Waals surface area contributed by atoms with Gasteiger partial charge in [-0.05, 0) is 74.6 Å². The Bertz CT molecular complexity index is 1190. The number of halogens is 3. The molecule has 0 bridgehead atoms. The number of amides is 1. The van der Waals surface area contributed by atoms with Gasteiger partial charge >= 0.3 is 0 Å². The second-order valence-electron chi connectivity index (χ2n) is 9.07. The largest absolute Gasteiger partial charge is 0.368 e. The summed E-state index contributed by atoms with van der Waals surface area (Å²) in [5.74, 6) is -0.824. The molecule has 1 amide bonds. The molecule has 0 unspecified atom stereocenters. The molecule has 0 radical (unpaired) electrons. The van der Waals surface area contributed by atoms with E-state index in [1.54, 1.807) is 12.1 Å². The van der Waals surface area contributed by atoms with Crippen LogP contribution in [-0.2, 0) is 5.41 Å². The third-order valence-corrected chi connectivity index (χ3v) is 6.70. The van der Waals surface area contributed by atoms with Gasteiger partial charge < -0.3 is 10.6 Å². The van der Waals surface area contributed by atoms with E-state index in [9.17, 15) is 18.0 Å². The number of anilines is 1. The zero-order valence-corrected chi connectivity index (χ0v) is 18.4. The molecule has 1 aromatic carbocycles. The van der Waals surface area contributed by atoms with Crippen LogP contribution >= 0.6 is 0 Å². The molecular weight excluding hydrogens is 443 g/mol. The van der Waals surface area contributed by atoms with Crippen molar-refractivity contribution in [2.45, 2.75) is 49.7 Å². The van der Waals surface area contributed by atoms with Crippen LogP contribution in [0.5, 0.6) is 0 Å². The molecule has 34 heavy (non-hydrogen) atoms. The maximum absolute atomic E-state index is 14.5. The van der Waals surface area contributed by atoms with Crippen LogP contribution in [0.25, 0.3) is 11.3 Å². The summed E-state index contributed by atoms with van der Waals surface area (Å²) >= 11 is 0. The van der Waals surface area contributed by atoms with Crippen LogP contribution in [0.2, 0.25) is 0 Å². The van der Waals surface area contributed by atoms with E-state index in [0.717, 1.165) is 19.3 Å². The molecule has 9 heteroatoms. The van der Waals surface area contributed by atoms with Gasteiger partial charge in [-0.25, -0.2) is 13.2 Å². The first-order valence-corrected chi connectivity index (χ1v) is 11.4. The highest BCUT2D eigenvalue weighted by Gasteiger charge is 2.48. The van der Waals surface area contributed by atoms with Crippen molar-refractivity contribution in [2.24, 2.45) is 0 Å². The van der Waals surface area contributed by atoms with Crippen molar-refractivity contribution >= 4 is 11.7 Å². The van der Waals surface area contributed by atoms with Crippen LogP contribution in [-0.4, -0.2) is 39.8 Å². The van der Waals surface area contributed by atoms with Crippen LogP contribution < -0.4 is 10.6 Å². The van der Waals surface area contributed by atoms with Gasteiger partial charge in [-0.1, -0.05) is 0 Å². The summed E-state index contributed by atoms with van der Waals surface area (Å²) in [7, 11) is 0. The first-order chi connectivity index (χ1) is 16.4. The molecule has 0 spiro atoms. The average molecular weight is 467 g/mol. The third-order valence-electron chi connectivity index (χ3n) is 6.70. The highest BCUT2D eigenvalue weighted by molar-refractivity contribution is 5.95. The number of rotatable bonds is 7. The minimum Gasteiger partial charge on any atom is -0.368 e. The number of benzene rings is 1. The zero-order valence-electron chi connectivity index (χ0n) is 18.4. The lowest BCUT2D eigenvalue weighted by atomic mass is 9.65. The maximum atomic E-state index is 14.5. The maximum Gasteiger partial charge on any atom is 0.251 e. The van der Waals surface area contributed by atoms with Crippen molar-refractivity contribution in [3.63, 3.8) is 0 Å². The Hall–Kier alpha value is -3.49. The standard InChI is InChI=1S/C25H24F3N5O/c26-16-12-25(13-16,23-20(28)5-2-10-29-23)14-30-22-9-8-21(32-33-22)18-11-15(6-7-19(18)27)24(34)31-17-3-1-4-17/h2,5-11,16-17H,1,3-4,12-14H2,(H,30,33)(H,31,34). The summed E-state index contributed by atoms with van der Waals surface area (Å²) in [5, 5.41) is 14.2. The number of carbonyl (C=O) groups is 1. The normalized spacial score (nSPS) is 21.9. The van der Waals surface area contributed by atoms with Crippen molar-refractivity contribution in [3.8, 4) is 11.3 Å². The minimum atomic E-state index is -1.01. The van der Waals surface area contributed by atoms with Crippen LogP contribution in [0.15, 0.2) is 48.7 Å². The summed E-state index contributed by atoms with van der Waals surface area (Å²) in [6, 6.07) is 10.4. The highest BCUT2D eigenvalue weighted by atomic mass is 19.1. The Morgan fingerprint density at radius 2 is 1.88 bits per heavy atom. The van der Waals surface area contributed by atoms with Crippen LogP contribution in [0.4, 0.5) is 19.0 Å². The number of hydrogen-bond acceptors (Lipinski definition) is 5. The zero-order chi connectivity index (χ0) is 23.7. The Morgan fingerprint density at radius 3 is 2.53 bits per heavy atom. The monoisotopic (exact) mass is 467 g/mol. The number of pyridine rings is 1. The summed E-state index contributed by atoms with van der Waals surface area (Å²) in [6.45, 7) is 0.237. The first kappa shape index (κ1) is 22.3. The average Bonchev–Trinajstić information content (AvgIpc) is 2.79. The number of nitrogens with one attached hydrogen (secondary N) is 2. The van der Waals surface area contributed by atoms with Crippen molar-refractivity contribution in [2.75, 3.05) is 11.9 Å². The number of nitrogens with zero attached hydrogens (tertiary/aromatic N) is 3. The lowest BCUT2D eigenvalue weighted by Gasteiger charge is -2.44. The van der Waals surface area contributed by atoms with E-state index >= 15 is 0 Å². The predicted octanol–water partition coefficient (Wildman–Crippen LogP) is 4.58. The molecule has 2 fully saturated rings. The first-order valence-electron chi connectivity index (χ1n) is 11.4. The van der Waals surface area contributed by atoms with Gasteiger partial charge in [0.05, 0.1) is 11.4 Å². The van der Waals surface area contributed by atoms with E-state index in [4.69, 9.17) is 0 Å². The summed E-state index contributed by atoms with van der Waals surface area (Å²) in [5.41, 5.74) is 0.280. The van der Waals surface area contributed by atoms with Crippen LogP contribution in [0.3, 0.4) is 0 Å². The van der Waals surface area contributed by atoms with E-state index in [1.807, 2.05) is 0 Å². The Balaban J connectivity index is 1.30. The molecule has 2 aromatic heterocycles. The molecule has 176 valence electrons. The molecule has 0 saturated heterocycles. The summed E-state index contributed by atoms with van der Waals surface area (Å²) in [4.78, 5) is 16.6. The second kappa shape index (κ2) is 9.04. The molecular formula is C25H24F3N5O. The van der Waals surface area contributed by atoms with Gasteiger partial charge in [-0.3, -0.25) is 9.78 Å². The summed E-state index contributed by atoms with van der Waals surface area (Å²) in [6.07, 6.45) is 3.84. The lowest BCUT2D eigenvalue weighted by Crippen LogP contribution is -2.49. The summed E-state index contributed by atoms with van der Waals surface area (Å²) < 4.78 is 42.5. The lowest BCUT2D eigenvalue weighted by molar-refractivity contribution is 0.0916. The molecule has 6 nitrogen and oxygen atoms in total. The number of hydrogen-bond donors (Lipinski definition) is 2. The Labute approximate surface area is 195 Å². The van der Waals surface area contributed by atoms with E-state index < -0.39 is 23.2 Å². The van der Waals surface area contributed by atoms with Gasteiger partial charge in [-0.15, -0.1) is 10.2 Å². The molecule has 0 atom stereocenters. The topological polar surface area (TPSA) is 79.8 Å². The molecule has 2 N–H and O–H groups in total. The predicted molar refractivity (Wildman–Crippen MR) is 121 cm³/mol. The highest BCUT2D eigenvalue weighted by Crippen LogP contribution is 2.45. The van der Waals surface area contributed by atoms with Crippen molar-refractivity contribution < 1.29 is 18.0 Å². The Kier molecular flexibility index (Phi) is 5.93. The van der Waals surface area contributed by atoms with E-state index in [0.29, 0.717) is 11.4 Å². The minimum absolute atomic E-state index is 0.167. The van der Waals surface area contributed by atoms with Gasteiger partial charge in [0, 0.05) is 35.3 Å². The molecule has 2 aliphatic carbocycles. The Morgan fingerprint density at radius 1 is 1.06 bits per heavy atom. The van der Waals surface area contributed by atoms with Crippen LogP contribution in [0.1, 0.15) is 48.2 Å². The van der Waals surface area contributed by atoms with E-state index in [-0.39, 0.29) is 48.3 Å². The fourth-order valence-electron chi connectivity index (χ4n) is 4.50. The molecule has 2 aliphatic rings. The molecule has 3 aromatic rings. The van der Waals surface area contributed by atoms with Crippen molar-refractivity contribution in [1.82, 2.24) is 20.5 Å². The number of aromatic nitrogens is 3. The van der Waals surface area contributed by atoms with Gasteiger partial charge in [0.2, 0.25) is 0 Å². The second-order valence-corrected chi connectivity index (χ2v) is 9.07. The van der Waals surface area contributed by atoms with Gasteiger partial charge in [0.25, 0.3) is 5.91 Å². The quantitative estimate of drug-likeness (QED) is 0.532. The number of carbonyl (C=O) groups excluding carboxylic acids is 1. The fourth-order valence-corrected chi connectivity index (χ4v) is 4.50. The molecule has 5 rings (SSSR count). The fraction of sp³-hybridized carbons (Fsp3) is 0.360. The van der Waals surface area contributed by atoms with Gasteiger partial charge in [-0.2, -0.15) is 0 Å². The van der Waals surface area contributed by atoms with Crippen molar-refractivity contribution in [3.05, 3.63) is 71.6 Å². The van der Waals surface area contributed by atoms with E-state index in [1.165, 1.54) is 36.5 Å². The van der Waals surface area contributed by atoms with Crippen LogP contribution in [0, 0.1) is 11.6 Å².